The van der Waals surface area contributed by atoms with Crippen molar-refractivity contribution in [2.45, 2.75) is 105 Å². The number of aromatic carboxylic acids is 1. The first-order valence-electron chi connectivity index (χ1n) is 18.4. The van der Waals surface area contributed by atoms with Gasteiger partial charge in [-0.3, -0.25) is 4.79 Å². The summed E-state index contributed by atoms with van der Waals surface area (Å²) in [4.78, 5) is 38.7. The van der Waals surface area contributed by atoms with E-state index in [1.807, 2.05) is 12.1 Å². The van der Waals surface area contributed by atoms with Gasteiger partial charge in [0.05, 0.1) is 12.1 Å². The van der Waals surface area contributed by atoms with E-state index < -0.39 is 5.97 Å². The van der Waals surface area contributed by atoms with Crippen LogP contribution in [0.3, 0.4) is 0 Å². The van der Waals surface area contributed by atoms with Crippen molar-refractivity contribution in [3.05, 3.63) is 53.6 Å². The fourth-order valence-corrected chi connectivity index (χ4v) is 12.8. The van der Waals surface area contributed by atoms with Crippen molar-refractivity contribution in [1.29, 1.82) is 0 Å². The number of carbonyl (C=O) groups is 3. The quantitative estimate of drug-likeness (QED) is 0.269. The van der Waals surface area contributed by atoms with Crippen molar-refractivity contribution in [2.75, 3.05) is 20.6 Å². The number of likely N-dealkylation sites (N-methyl/N-ethyl adjacent to an activating group) is 1. The van der Waals surface area contributed by atoms with Crippen molar-refractivity contribution in [1.82, 2.24) is 15.5 Å². The minimum absolute atomic E-state index is 0.00426. The van der Waals surface area contributed by atoms with Gasteiger partial charge in [-0.15, -0.1) is 0 Å². The number of fused-ring (bicyclic) bond motifs is 7. The fraction of sp³-hybridized carbons (Fsp3) is 0.683. The molecule has 0 bridgehead atoms. The molecule has 0 saturated heterocycles. The number of benzene rings is 1. The highest BCUT2D eigenvalue weighted by Crippen LogP contribution is 2.76. The van der Waals surface area contributed by atoms with Gasteiger partial charge < -0.3 is 20.6 Å². The maximum absolute atomic E-state index is 13.4. The van der Waals surface area contributed by atoms with Crippen molar-refractivity contribution in [3.8, 4) is 0 Å². The minimum atomic E-state index is -0.885. The molecule has 0 spiro atoms. The lowest BCUT2D eigenvalue weighted by molar-refractivity contribution is -0.218. The molecular weight excluding hydrogens is 598 g/mol. The molecule has 5 aliphatic carbocycles. The second kappa shape index (κ2) is 11.8. The molecule has 0 aliphatic heterocycles. The van der Waals surface area contributed by atoms with Crippen LogP contribution in [0.2, 0.25) is 0 Å². The van der Waals surface area contributed by atoms with Crippen LogP contribution in [0.25, 0.3) is 5.57 Å². The number of hydrogen-bond acceptors (Lipinski definition) is 3. The first kappa shape index (κ1) is 34.8. The van der Waals surface area contributed by atoms with E-state index in [1.54, 1.807) is 26.2 Å². The van der Waals surface area contributed by atoms with Crippen LogP contribution in [0, 0.1) is 51.2 Å². The Bertz CT molecular complexity index is 1530. The highest BCUT2D eigenvalue weighted by molar-refractivity contribution is 5.88. The molecule has 0 radical (unpaired) electrons. The van der Waals surface area contributed by atoms with E-state index >= 15 is 0 Å². The summed E-state index contributed by atoms with van der Waals surface area (Å²) >= 11 is 0. The number of carboxylic acid groups (broad SMARTS) is 1. The number of urea groups is 1. The monoisotopic (exact) mass is 657 g/mol. The number of allylic oxidation sites excluding steroid dienone is 3. The van der Waals surface area contributed by atoms with Crippen molar-refractivity contribution in [2.24, 2.45) is 51.2 Å². The topological polar surface area (TPSA) is 98.7 Å². The molecule has 4 fully saturated rings. The average Bonchev–Trinajstić information content (AvgIpc) is 3.39. The minimum Gasteiger partial charge on any atom is -0.478 e. The van der Waals surface area contributed by atoms with E-state index in [0.717, 1.165) is 37.7 Å². The van der Waals surface area contributed by atoms with Gasteiger partial charge in [0.2, 0.25) is 5.91 Å². The number of amides is 3. The van der Waals surface area contributed by atoms with Crippen molar-refractivity contribution in [3.63, 3.8) is 0 Å². The highest BCUT2D eigenvalue weighted by atomic mass is 16.4. The lowest BCUT2D eigenvalue weighted by atomic mass is 9.33. The van der Waals surface area contributed by atoms with Crippen LogP contribution in [0.5, 0.6) is 0 Å². The lowest BCUT2D eigenvalue weighted by Crippen LogP contribution is -2.68. The zero-order chi connectivity index (χ0) is 35.0. The summed E-state index contributed by atoms with van der Waals surface area (Å²) in [6.07, 6.45) is 12.4. The van der Waals surface area contributed by atoms with E-state index in [2.05, 4.69) is 64.8 Å². The van der Waals surface area contributed by atoms with Crippen molar-refractivity contribution >= 4 is 23.5 Å². The second-order valence-corrected chi connectivity index (χ2v) is 17.9. The van der Waals surface area contributed by atoms with Crippen LogP contribution in [0.4, 0.5) is 4.79 Å². The Morgan fingerprint density at radius 2 is 1.58 bits per heavy atom. The third-order valence-electron chi connectivity index (χ3n) is 15.3. The van der Waals surface area contributed by atoms with E-state index in [9.17, 15) is 19.5 Å². The summed E-state index contributed by atoms with van der Waals surface area (Å²) < 4.78 is 0. The Kier molecular flexibility index (Phi) is 8.52. The first-order chi connectivity index (χ1) is 22.4. The lowest BCUT2D eigenvalue weighted by Gasteiger charge is -2.72. The summed E-state index contributed by atoms with van der Waals surface area (Å²) in [5.74, 6) is 1.37. The number of nitrogens with one attached hydrogen (secondary N) is 2. The molecule has 7 nitrogen and oxygen atoms in total. The van der Waals surface area contributed by atoms with Gasteiger partial charge in [-0.25, -0.2) is 9.59 Å². The van der Waals surface area contributed by atoms with E-state index in [4.69, 9.17) is 0 Å². The van der Waals surface area contributed by atoms with Gasteiger partial charge >= 0.3 is 12.0 Å². The maximum Gasteiger partial charge on any atom is 0.335 e. The summed E-state index contributed by atoms with van der Waals surface area (Å²) in [6, 6.07) is 7.27. The molecule has 1 aromatic carbocycles. The van der Waals surface area contributed by atoms with E-state index in [-0.39, 0.29) is 45.7 Å². The van der Waals surface area contributed by atoms with Crippen LogP contribution >= 0.6 is 0 Å². The fourth-order valence-electron chi connectivity index (χ4n) is 12.8. The van der Waals surface area contributed by atoms with E-state index in [1.165, 1.54) is 41.7 Å². The summed E-state index contributed by atoms with van der Waals surface area (Å²) in [7, 11) is 3.42. The van der Waals surface area contributed by atoms with Gasteiger partial charge in [-0.2, -0.15) is 0 Å². The van der Waals surface area contributed by atoms with Gasteiger partial charge in [0.25, 0.3) is 0 Å². The number of nitrogens with zero attached hydrogens (tertiary/aromatic N) is 1. The third-order valence-corrected chi connectivity index (χ3v) is 15.3. The summed E-state index contributed by atoms with van der Waals surface area (Å²) in [5, 5.41) is 15.8. The SMILES string of the molecule is C=C(C)[C@@H]1CC[C@]2(NC(=O)NCC(=O)N(C)C)CC[C@]3(C)[C@H](CC[C@@H]4[C@@]5(C)CC=C(c6ccc(C(=O)O)cc6)C(C)(C)[C@@H]5CC[C@]43C)[C@@H]12. The van der Waals surface area contributed by atoms with Gasteiger partial charge in [0.15, 0.2) is 0 Å². The molecule has 3 amide bonds. The third kappa shape index (κ3) is 5.07. The van der Waals surface area contributed by atoms with Crippen molar-refractivity contribution < 1.29 is 19.5 Å². The first-order valence-corrected chi connectivity index (χ1v) is 18.4. The molecule has 262 valence electrons. The molecule has 4 saturated carbocycles. The Labute approximate surface area is 288 Å². The standard InChI is InChI=1S/C41H59N3O4/c1-25(2)28-16-21-41(43-36(48)42-24-33(45)44(8)9)23-22-39(6)30(34(28)41)14-15-32-38(5)19-17-29(26-10-12-27(13-11-26)35(46)47)37(3,4)31(38)18-20-40(32,39)7/h10-13,17,28,30-32,34H,1,14-16,18-24H2,2-9H3,(H,46,47)(H2,42,43,48)/t28-,30+,31-,32+,34+,38-,39+,40+,41-/m0/s1. The molecule has 3 N–H and O–H groups in total. The van der Waals surface area contributed by atoms with Crippen LogP contribution in [-0.4, -0.2) is 54.1 Å². The predicted octanol–water partition coefficient (Wildman–Crippen LogP) is 8.18. The molecule has 48 heavy (non-hydrogen) atoms. The molecule has 1 aromatic rings. The van der Waals surface area contributed by atoms with Gasteiger partial charge in [0.1, 0.15) is 0 Å². The van der Waals surface area contributed by atoms with Gasteiger partial charge in [0, 0.05) is 19.6 Å². The second-order valence-electron chi connectivity index (χ2n) is 17.9. The maximum atomic E-state index is 13.4. The largest absolute Gasteiger partial charge is 0.478 e. The molecule has 6 rings (SSSR count). The Morgan fingerprint density at radius 3 is 2.21 bits per heavy atom. The van der Waals surface area contributed by atoms with E-state index in [0.29, 0.717) is 35.2 Å². The Hall–Kier alpha value is -3.09. The smallest absolute Gasteiger partial charge is 0.335 e. The van der Waals surface area contributed by atoms with Crippen LogP contribution in [0.1, 0.15) is 115 Å². The van der Waals surface area contributed by atoms with Crippen LogP contribution in [-0.2, 0) is 4.79 Å². The van der Waals surface area contributed by atoms with Crippen LogP contribution in [0.15, 0.2) is 42.5 Å². The molecule has 9 atom stereocenters. The van der Waals surface area contributed by atoms with Crippen LogP contribution < -0.4 is 10.6 Å². The van der Waals surface area contributed by atoms with Gasteiger partial charge in [-0.05, 0) is 139 Å². The Morgan fingerprint density at radius 1 is 0.896 bits per heavy atom. The highest BCUT2D eigenvalue weighted by Gasteiger charge is 2.70. The predicted molar refractivity (Wildman–Crippen MR) is 191 cm³/mol. The molecule has 5 aliphatic rings. The molecule has 0 heterocycles. The average molecular weight is 658 g/mol. The normalized spacial score (nSPS) is 39.4. The molecular formula is C41H59N3O4. The molecule has 0 unspecified atom stereocenters. The molecule has 0 aromatic heterocycles. The summed E-state index contributed by atoms with van der Waals surface area (Å²) in [6.45, 7) is 19.4. The Balaban J connectivity index is 1.30. The number of carbonyl (C=O) groups excluding carboxylic acids is 2. The summed E-state index contributed by atoms with van der Waals surface area (Å²) in [5.41, 5.74) is 4.28. The number of rotatable bonds is 6. The zero-order valence-corrected chi connectivity index (χ0v) is 30.7. The van der Waals surface area contributed by atoms with Gasteiger partial charge in [-0.1, -0.05) is 65.0 Å². The molecule has 7 heteroatoms. The number of hydrogen-bond donors (Lipinski definition) is 3. The number of carboxylic acids is 1. The zero-order valence-electron chi connectivity index (χ0n) is 30.7.